The average molecular weight is 941 g/mol. The molecule has 0 fully saturated rings. The van der Waals surface area contributed by atoms with Crippen LogP contribution in [-0.4, -0.2) is 0 Å². The molecule has 0 aliphatic rings. The van der Waals surface area contributed by atoms with E-state index < -0.39 is 150 Å². The van der Waals surface area contributed by atoms with E-state index in [0.717, 1.165) is 0 Å². The second-order valence-electron chi connectivity index (χ2n) is 13.1. The summed E-state index contributed by atoms with van der Waals surface area (Å²) in [5.41, 5.74) is -19.3. The van der Waals surface area contributed by atoms with Gasteiger partial charge in [0.1, 0.15) is 11.4 Å². The summed E-state index contributed by atoms with van der Waals surface area (Å²) in [6.45, 7) is 0. The molecule has 0 bridgehead atoms. The fraction of sp³-hybridized carbons (Fsp3) is 0.100. The van der Waals surface area contributed by atoms with Crippen molar-refractivity contribution >= 4 is 34.1 Å². The van der Waals surface area contributed by atoms with Gasteiger partial charge in [-0.2, -0.15) is 52.7 Å². The molecule has 0 atom stereocenters. The molecule has 0 spiro atoms. The highest BCUT2D eigenvalue weighted by molar-refractivity contribution is 5.84. The Morgan fingerprint density at radius 1 is 0.266 bits per heavy atom. The molecule has 0 heterocycles. The van der Waals surface area contributed by atoms with E-state index in [-0.39, 0.29) is 58.3 Å². The minimum atomic E-state index is -5.86. The average Bonchev–Trinajstić information content (AvgIpc) is 3.22. The minimum absolute atomic E-state index is 0.142. The number of anilines is 6. The molecular weight excluding hydrogens is 926 g/mol. The fourth-order valence-corrected chi connectivity index (χ4v) is 6.27. The van der Waals surface area contributed by atoms with Gasteiger partial charge in [-0.3, -0.25) is 0 Å². The first-order valence-corrected chi connectivity index (χ1v) is 16.9. The van der Waals surface area contributed by atoms with Crippen LogP contribution >= 0.6 is 0 Å². The maximum Gasteiger partial charge on any atom is 0.417 e. The summed E-state index contributed by atoms with van der Waals surface area (Å²) >= 11 is 0. The van der Waals surface area contributed by atoms with Gasteiger partial charge in [-0.05, 0) is 83.9 Å². The van der Waals surface area contributed by atoms with E-state index in [1.165, 1.54) is 0 Å². The molecule has 2 nitrogen and oxygen atoms in total. The van der Waals surface area contributed by atoms with Gasteiger partial charge >= 0.3 is 24.7 Å². The summed E-state index contributed by atoms with van der Waals surface area (Å²) in [6.07, 6.45) is -22.0. The van der Waals surface area contributed by atoms with E-state index in [4.69, 9.17) is 0 Å². The largest absolute Gasteiger partial charge is 0.417 e. The van der Waals surface area contributed by atoms with Crippen molar-refractivity contribution in [2.75, 3.05) is 9.80 Å². The Balaban J connectivity index is 1.63. The maximum atomic E-state index is 15.2. The van der Waals surface area contributed by atoms with Crippen molar-refractivity contribution in [1.29, 1.82) is 0 Å². The van der Waals surface area contributed by atoms with Gasteiger partial charge in [0.2, 0.25) is 11.6 Å². The van der Waals surface area contributed by atoms with Crippen molar-refractivity contribution in [2.45, 2.75) is 24.7 Å². The van der Waals surface area contributed by atoms with Crippen LogP contribution in [0.25, 0.3) is 11.1 Å². The lowest BCUT2D eigenvalue weighted by Gasteiger charge is -2.29. The smallest absolute Gasteiger partial charge is 0.305 e. The molecule has 0 radical (unpaired) electrons. The molecular formula is C40H14F22N2. The number of halogens is 22. The normalized spacial score (nSPS) is 12.5. The Bertz CT molecular complexity index is 2520. The van der Waals surface area contributed by atoms with E-state index in [0.29, 0.717) is 36.4 Å². The Morgan fingerprint density at radius 2 is 0.500 bits per heavy atom. The lowest BCUT2D eigenvalue weighted by Crippen LogP contribution is -2.19. The first kappa shape index (κ1) is 46.9. The van der Waals surface area contributed by atoms with Gasteiger partial charge in [-0.25, -0.2) is 43.9 Å². The van der Waals surface area contributed by atoms with E-state index in [9.17, 15) is 79.0 Å². The summed E-state index contributed by atoms with van der Waals surface area (Å²) in [5, 5.41) is 0. The third kappa shape index (κ3) is 8.43. The summed E-state index contributed by atoms with van der Waals surface area (Å²) in [4.78, 5) is -0.371. The van der Waals surface area contributed by atoms with Crippen LogP contribution in [0.1, 0.15) is 22.3 Å². The van der Waals surface area contributed by atoms with Crippen molar-refractivity contribution in [3.63, 3.8) is 0 Å². The molecule has 0 aliphatic carbocycles. The first-order chi connectivity index (χ1) is 29.5. The number of hydrogen-bond donors (Lipinski definition) is 0. The van der Waals surface area contributed by atoms with Gasteiger partial charge in [0.05, 0.1) is 22.3 Å². The van der Waals surface area contributed by atoms with Crippen LogP contribution in [0.3, 0.4) is 0 Å². The molecule has 0 aromatic heterocycles. The van der Waals surface area contributed by atoms with Gasteiger partial charge in [-0.1, -0.05) is 12.1 Å². The lowest BCUT2D eigenvalue weighted by molar-refractivity contribution is -0.139. The van der Waals surface area contributed by atoms with Crippen LogP contribution in [0.5, 0.6) is 0 Å². The standard InChI is InChI=1S/C40H14F22N2/c41-25-27(43)31(47)35(32(48)28(25)44)63(17-5-1-15(2-6-17)37(51,52)53)19-9-11-21(23(13-19)39(57,58)59)22-12-10-20(14-24(22)40(60,61)62)64(18-7-3-16(4-8-18)38(54,55)56)36-33(49)29(45)26(42)30(46)34(36)50/h1-14H. The van der Waals surface area contributed by atoms with Crippen LogP contribution in [-0.2, 0) is 24.7 Å². The topological polar surface area (TPSA) is 6.48 Å². The van der Waals surface area contributed by atoms with Crippen molar-refractivity contribution in [3.8, 4) is 11.1 Å². The van der Waals surface area contributed by atoms with Crippen molar-refractivity contribution in [2.24, 2.45) is 0 Å². The Hall–Kier alpha value is -6.62. The molecule has 0 saturated carbocycles. The van der Waals surface area contributed by atoms with Gasteiger partial charge in [0, 0.05) is 22.7 Å². The number of hydrogen-bond acceptors (Lipinski definition) is 2. The second kappa shape index (κ2) is 16.2. The third-order valence-electron chi connectivity index (χ3n) is 9.15. The van der Waals surface area contributed by atoms with Gasteiger partial charge in [0.15, 0.2) is 46.5 Å². The van der Waals surface area contributed by atoms with Crippen LogP contribution in [0.4, 0.5) is 131 Å². The molecule has 0 saturated heterocycles. The highest BCUT2D eigenvalue weighted by Gasteiger charge is 2.42. The zero-order valence-corrected chi connectivity index (χ0v) is 30.3. The monoisotopic (exact) mass is 940 g/mol. The predicted molar refractivity (Wildman–Crippen MR) is 181 cm³/mol. The highest BCUT2D eigenvalue weighted by atomic mass is 19.4. The highest BCUT2D eigenvalue weighted by Crippen LogP contribution is 2.50. The van der Waals surface area contributed by atoms with E-state index in [2.05, 4.69) is 0 Å². The number of nitrogens with zero attached hydrogens (tertiary/aromatic N) is 2. The molecule has 24 heteroatoms. The molecule has 0 unspecified atom stereocenters. The lowest BCUT2D eigenvalue weighted by atomic mass is 9.93. The van der Waals surface area contributed by atoms with Crippen molar-refractivity contribution < 1.29 is 96.6 Å². The van der Waals surface area contributed by atoms with E-state index in [1.807, 2.05) is 0 Å². The molecule has 0 N–H and O–H groups in total. The Morgan fingerprint density at radius 3 is 0.734 bits per heavy atom. The Kier molecular flexibility index (Phi) is 11.8. The predicted octanol–water partition coefficient (Wildman–Crippen LogP) is 15.8. The van der Waals surface area contributed by atoms with E-state index >= 15 is 17.6 Å². The van der Waals surface area contributed by atoms with E-state index in [1.54, 1.807) is 0 Å². The van der Waals surface area contributed by atoms with Crippen LogP contribution in [0.15, 0.2) is 84.9 Å². The number of alkyl halides is 12. The molecule has 6 aromatic carbocycles. The maximum absolute atomic E-state index is 15.2. The molecule has 0 amide bonds. The summed E-state index contributed by atoms with van der Waals surface area (Å²) in [7, 11) is 0. The second-order valence-corrected chi connectivity index (χ2v) is 13.1. The van der Waals surface area contributed by atoms with Gasteiger partial charge < -0.3 is 9.80 Å². The van der Waals surface area contributed by atoms with Crippen LogP contribution < -0.4 is 9.80 Å². The molecule has 338 valence electrons. The molecule has 6 aromatic rings. The molecule has 0 aliphatic heterocycles. The number of rotatable bonds is 7. The van der Waals surface area contributed by atoms with Crippen molar-refractivity contribution in [3.05, 3.63) is 165 Å². The summed E-state index contributed by atoms with van der Waals surface area (Å²) in [6, 6.07) is 2.54. The fourth-order valence-electron chi connectivity index (χ4n) is 6.27. The summed E-state index contributed by atoms with van der Waals surface area (Å²) < 4.78 is 316. The molecule has 64 heavy (non-hydrogen) atoms. The Labute approximate surface area is 341 Å². The minimum Gasteiger partial charge on any atom is -0.305 e. The molecule has 6 rings (SSSR count). The third-order valence-corrected chi connectivity index (χ3v) is 9.15. The van der Waals surface area contributed by atoms with Crippen molar-refractivity contribution in [1.82, 2.24) is 0 Å². The zero-order chi connectivity index (χ0) is 47.8. The first-order valence-electron chi connectivity index (χ1n) is 16.9. The zero-order valence-electron chi connectivity index (χ0n) is 30.3. The quantitative estimate of drug-likeness (QED) is 0.0894. The van der Waals surface area contributed by atoms with Gasteiger partial charge in [-0.15, -0.1) is 0 Å². The number of benzene rings is 6. The van der Waals surface area contributed by atoms with Gasteiger partial charge in [0.25, 0.3) is 0 Å². The van der Waals surface area contributed by atoms with Crippen LogP contribution in [0.2, 0.25) is 0 Å². The summed E-state index contributed by atoms with van der Waals surface area (Å²) in [5.74, 6) is -27.3. The van der Waals surface area contributed by atoms with Crippen LogP contribution in [0, 0.1) is 58.2 Å². The SMILES string of the molecule is Fc1c(F)c(F)c(N(c2ccc(C(F)(F)F)cc2)c2ccc(-c3ccc(N(c4ccc(C(F)(F)F)cc4)c4c(F)c(F)c(F)c(F)c4F)cc3C(F)(F)F)c(C(F)(F)F)c2)c(F)c1F.